The average molecular weight is 190 g/mol. The molecule has 2 N–H and O–H groups in total. The van der Waals surface area contributed by atoms with Gasteiger partial charge in [-0.05, 0) is 13.5 Å². The van der Waals surface area contributed by atoms with Crippen LogP contribution < -0.4 is 10.0 Å². The standard InChI is InChI=1S/C8H18N2OS/c1-3-4-5-6-7(9-2)8(11)10-12/h7,9,12H,3-6H2,1-2H3,(H,10,11)/t7-/m0/s1. The number of rotatable bonds is 6. The third-order valence-electron chi connectivity index (χ3n) is 1.87. The van der Waals surface area contributed by atoms with Crippen LogP contribution in [0.4, 0.5) is 0 Å². The quantitative estimate of drug-likeness (QED) is 0.434. The fourth-order valence-electron chi connectivity index (χ4n) is 1.08. The molecular formula is C8H18N2OS. The number of hydrogen-bond acceptors (Lipinski definition) is 3. The minimum absolute atomic E-state index is 0.0445. The van der Waals surface area contributed by atoms with Crippen LogP contribution in [0.15, 0.2) is 0 Å². The molecule has 0 spiro atoms. The minimum atomic E-state index is -0.0888. The Hall–Kier alpha value is -0.220. The Bertz CT molecular complexity index is 130. The molecule has 0 aromatic carbocycles. The molecule has 0 bridgehead atoms. The SMILES string of the molecule is CCCCC[C@H](NC)C(=O)NS. The molecule has 0 fully saturated rings. The van der Waals surface area contributed by atoms with Crippen molar-refractivity contribution in [3.8, 4) is 0 Å². The highest BCUT2D eigenvalue weighted by atomic mass is 32.1. The van der Waals surface area contributed by atoms with Gasteiger partial charge in [0.25, 0.3) is 0 Å². The molecule has 72 valence electrons. The number of thiol groups is 1. The Labute approximate surface area is 79.8 Å². The summed E-state index contributed by atoms with van der Waals surface area (Å²) >= 11 is 3.71. The highest BCUT2D eigenvalue weighted by molar-refractivity contribution is 7.78. The predicted molar refractivity (Wildman–Crippen MR) is 54.1 cm³/mol. The van der Waals surface area contributed by atoms with E-state index in [1.54, 1.807) is 7.05 Å². The summed E-state index contributed by atoms with van der Waals surface area (Å²) in [6.07, 6.45) is 4.33. The predicted octanol–water partition coefficient (Wildman–Crippen LogP) is 1.12. The van der Waals surface area contributed by atoms with Gasteiger partial charge in [0, 0.05) is 0 Å². The van der Waals surface area contributed by atoms with Crippen LogP contribution in [0.25, 0.3) is 0 Å². The smallest absolute Gasteiger partial charge is 0.246 e. The number of hydrogen-bond donors (Lipinski definition) is 3. The molecular weight excluding hydrogens is 172 g/mol. The molecule has 12 heavy (non-hydrogen) atoms. The van der Waals surface area contributed by atoms with Crippen molar-refractivity contribution < 1.29 is 4.79 Å². The zero-order valence-electron chi connectivity index (χ0n) is 7.76. The second kappa shape index (κ2) is 7.43. The maximum absolute atomic E-state index is 11.1. The van der Waals surface area contributed by atoms with Crippen molar-refractivity contribution >= 4 is 18.7 Å². The van der Waals surface area contributed by atoms with Gasteiger partial charge in [-0.2, -0.15) is 0 Å². The van der Waals surface area contributed by atoms with Gasteiger partial charge in [0.05, 0.1) is 6.04 Å². The van der Waals surface area contributed by atoms with E-state index >= 15 is 0 Å². The van der Waals surface area contributed by atoms with E-state index in [9.17, 15) is 4.79 Å². The zero-order chi connectivity index (χ0) is 9.40. The van der Waals surface area contributed by atoms with Gasteiger partial charge in [0.1, 0.15) is 0 Å². The molecule has 3 nitrogen and oxygen atoms in total. The first-order chi connectivity index (χ1) is 5.76. The van der Waals surface area contributed by atoms with Crippen LogP contribution in [0.2, 0.25) is 0 Å². The van der Waals surface area contributed by atoms with Gasteiger partial charge in [-0.25, -0.2) is 0 Å². The minimum Gasteiger partial charge on any atom is -0.309 e. The van der Waals surface area contributed by atoms with E-state index in [1.807, 2.05) is 0 Å². The van der Waals surface area contributed by atoms with Crippen molar-refractivity contribution in [1.29, 1.82) is 0 Å². The Morgan fingerprint density at radius 3 is 2.58 bits per heavy atom. The van der Waals surface area contributed by atoms with E-state index in [4.69, 9.17) is 0 Å². The largest absolute Gasteiger partial charge is 0.309 e. The Morgan fingerprint density at radius 2 is 2.17 bits per heavy atom. The van der Waals surface area contributed by atoms with Crippen molar-refractivity contribution in [3.05, 3.63) is 0 Å². The summed E-state index contributed by atoms with van der Waals surface area (Å²) in [6.45, 7) is 2.15. The van der Waals surface area contributed by atoms with Crippen LogP contribution in [-0.2, 0) is 4.79 Å². The maximum Gasteiger partial charge on any atom is 0.246 e. The monoisotopic (exact) mass is 190 g/mol. The van der Waals surface area contributed by atoms with E-state index in [1.165, 1.54) is 12.8 Å². The van der Waals surface area contributed by atoms with Crippen LogP contribution in [0.3, 0.4) is 0 Å². The summed E-state index contributed by atoms with van der Waals surface area (Å²) in [4.78, 5) is 11.1. The second-order valence-electron chi connectivity index (χ2n) is 2.81. The van der Waals surface area contributed by atoms with Gasteiger partial charge in [0.2, 0.25) is 5.91 Å². The summed E-state index contributed by atoms with van der Waals surface area (Å²) in [5.74, 6) is -0.0445. The molecule has 1 amide bonds. The number of carbonyl (C=O) groups is 1. The van der Waals surface area contributed by atoms with Gasteiger partial charge in [0.15, 0.2) is 0 Å². The molecule has 0 saturated heterocycles. The normalized spacial score (nSPS) is 12.6. The highest BCUT2D eigenvalue weighted by Gasteiger charge is 2.13. The third kappa shape index (κ3) is 4.62. The molecule has 0 aliphatic carbocycles. The first kappa shape index (κ1) is 11.8. The van der Waals surface area contributed by atoms with E-state index < -0.39 is 0 Å². The van der Waals surface area contributed by atoms with Crippen molar-refractivity contribution in [3.63, 3.8) is 0 Å². The zero-order valence-corrected chi connectivity index (χ0v) is 8.66. The number of likely N-dealkylation sites (N-methyl/N-ethyl adjacent to an activating group) is 1. The van der Waals surface area contributed by atoms with Crippen molar-refractivity contribution in [1.82, 2.24) is 10.0 Å². The third-order valence-corrected chi connectivity index (χ3v) is 2.09. The molecule has 1 atom stereocenters. The lowest BCUT2D eigenvalue weighted by atomic mass is 10.1. The molecule has 4 heteroatoms. The van der Waals surface area contributed by atoms with Crippen molar-refractivity contribution in [2.45, 2.75) is 38.6 Å². The Kier molecular flexibility index (Phi) is 7.29. The van der Waals surface area contributed by atoms with Gasteiger partial charge in [-0.1, -0.05) is 39.0 Å². The summed E-state index contributed by atoms with van der Waals surface area (Å²) < 4.78 is 2.34. The van der Waals surface area contributed by atoms with Gasteiger partial charge < -0.3 is 10.0 Å². The number of carbonyl (C=O) groups excluding carboxylic acids is 1. The molecule has 0 saturated carbocycles. The molecule has 0 radical (unpaired) electrons. The van der Waals surface area contributed by atoms with Crippen LogP contribution in [-0.4, -0.2) is 19.0 Å². The number of amides is 1. The first-order valence-electron chi connectivity index (χ1n) is 4.37. The van der Waals surface area contributed by atoms with Crippen LogP contribution in [0.5, 0.6) is 0 Å². The number of unbranched alkanes of at least 4 members (excludes halogenated alkanes) is 2. The van der Waals surface area contributed by atoms with Crippen LogP contribution in [0, 0.1) is 0 Å². The van der Waals surface area contributed by atoms with Gasteiger partial charge >= 0.3 is 0 Å². The van der Waals surface area contributed by atoms with Crippen LogP contribution in [0.1, 0.15) is 32.6 Å². The number of nitrogens with one attached hydrogen (secondary N) is 2. The Balaban J connectivity index is 3.60. The maximum atomic E-state index is 11.1. The highest BCUT2D eigenvalue weighted by Crippen LogP contribution is 2.03. The summed E-state index contributed by atoms with van der Waals surface area (Å²) in [5.41, 5.74) is 0. The lowest BCUT2D eigenvalue weighted by Crippen LogP contribution is -2.39. The molecule has 0 heterocycles. The Morgan fingerprint density at radius 1 is 1.50 bits per heavy atom. The molecule has 0 unspecified atom stereocenters. The van der Waals surface area contributed by atoms with Crippen LogP contribution >= 0.6 is 12.8 Å². The summed E-state index contributed by atoms with van der Waals surface area (Å²) in [5, 5.41) is 2.95. The van der Waals surface area contributed by atoms with E-state index in [0.29, 0.717) is 0 Å². The van der Waals surface area contributed by atoms with E-state index in [0.717, 1.165) is 12.8 Å². The molecule has 0 aliphatic heterocycles. The molecule has 0 aliphatic rings. The van der Waals surface area contributed by atoms with Crippen molar-refractivity contribution in [2.75, 3.05) is 7.05 Å². The van der Waals surface area contributed by atoms with Crippen molar-refractivity contribution in [2.24, 2.45) is 0 Å². The van der Waals surface area contributed by atoms with Gasteiger partial charge in [-0.15, -0.1) is 0 Å². The fraction of sp³-hybridized carbons (Fsp3) is 0.875. The topological polar surface area (TPSA) is 41.1 Å². The average Bonchev–Trinajstić information content (AvgIpc) is 2.11. The summed E-state index contributed by atoms with van der Waals surface area (Å²) in [7, 11) is 1.79. The second-order valence-corrected chi connectivity index (χ2v) is 3.04. The first-order valence-corrected chi connectivity index (χ1v) is 4.82. The van der Waals surface area contributed by atoms with E-state index in [2.05, 4.69) is 29.8 Å². The lowest BCUT2D eigenvalue weighted by molar-refractivity contribution is -0.121. The molecule has 0 rings (SSSR count). The lowest BCUT2D eigenvalue weighted by Gasteiger charge is -2.12. The van der Waals surface area contributed by atoms with E-state index in [-0.39, 0.29) is 11.9 Å². The molecule has 0 aromatic rings. The summed E-state index contributed by atoms with van der Waals surface area (Å²) in [6, 6.07) is -0.0888. The van der Waals surface area contributed by atoms with Gasteiger partial charge in [-0.3, -0.25) is 4.79 Å². The molecule has 0 aromatic heterocycles. The fourth-order valence-corrected chi connectivity index (χ4v) is 1.24.